The van der Waals surface area contributed by atoms with Crippen LogP contribution in [0.2, 0.25) is 5.02 Å². The maximum Gasteiger partial charge on any atom is 0.406 e. The number of aromatic nitrogens is 2. The highest BCUT2D eigenvalue weighted by Crippen LogP contribution is 2.38. The number of halogens is 4. The Hall–Kier alpha value is -3.00. The number of benzene rings is 2. The fourth-order valence-corrected chi connectivity index (χ4v) is 3.52. The number of ether oxygens (including phenoxy) is 1. The second kappa shape index (κ2) is 7.68. The molecule has 1 aliphatic heterocycles. The lowest BCUT2D eigenvalue weighted by Crippen LogP contribution is -2.40. The SMILES string of the molecule is Cc1ccccc1-n1nc2c(c1-c1ccc(Cl)cc1)OCCN(CC(F)(F)F)C2=O. The number of aryl methyl sites for hydroxylation is 1. The minimum absolute atomic E-state index is 0.0745. The van der Waals surface area contributed by atoms with Crippen molar-refractivity contribution in [3.8, 4) is 22.7 Å². The van der Waals surface area contributed by atoms with Crippen LogP contribution in [0.25, 0.3) is 16.9 Å². The number of fused-ring (bicyclic) bond motifs is 1. The van der Waals surface area contributed by atoms with E-state index >= 15 is 0 Å². The van der Waals surface area contributed by atoms with Gasteiger partial charge < -0.3 is 9.64 Å². The predicted octanol–water partition coefficient (Wildman–Crippen LogP) is 4.90. The van der Waals surface area contributed by atoms with Crippen LogP contribution in [0.1, 0.15) is 16.1 Å². The van der Waals surface area contributed by atoms with E-state index in [0.717, 1.165) is 5.56 Å². The van der Waals surface area contributed by atoms with Crippen molar-refractivity contribution >= 4 is 17.5 Å². The highest BCUT2D eigenvalue weighted by molar-refractivity contribution is 6.30. The van der Waals surface area contributed by atoms with Gasteiger partial charge in [-0.3, -0.25) is 4.79 Å². The summed E-state index contributed by atoms with van der Waals surface area (Å²) in [5.41, 5.74) is 2.58. The third-order valence-electron chi connectivity index (χ3n) is 4.77. The van der Waals surface area contributed by atoms with Crippen LogP contribution in [-0.4, -0.2) is 46.5 Å². The average Bonchev–Trinajstić information content (AvgIpc) is 2.99. The summed E-state index contributed by atoms with van der Waals surface area (Å²) in [5, 5.41) is 4.93. The maximum absolute atomic E-state index is 13.0. The molecule has 1 amide bonds. The van der Waals surface area contributed by atoms with E-state index in [4.69, 9.17) is 16.3 Å². The van der Waals surface area contributed by atoms with Crippen molar-refractivity contribution in [2.75, 3.05) is 19.7 Å². The second-order valence-electron chi connectivity index (χ2n) is 6.92. The molecule has 0 aliphatic carbocycles. The Morgan fingerprint density at radius 3 is 2.50 bits per heavy atom. The van der Waals surface area contributed by atoms with Gasteiger partial charge in [-0.05, 0) is 30.7 Å². The van der Waals surface area contributed by atoms with Crippen LogP contribution in [0.3, 0.4) is 0 Å². The number of para-hydroxylation sites is 1. The molecule has 30 heavy (non-hydrogen) atoms. The quantitative estimate of drug-likeness (QED) is 0.588. The van der Waals surface area contributed by atoms with Crippen LogP contribution in [-0.2, 0) is 0 Å². The molecule has 156 valence electrons. The molecule has 5 nitrogen and oxygen atoms in total. The van der Waals surface area contributed by atoms with Crippen molar-refractivity contribution < 1.29 is 22.7 Å². The monoisotopic (exact) mass is 435 g/mol. The molecule has 3 aromatic rings. The Labute approximate surface area is 175 Å². The van der Waals surface area contributed by atoms with E-state index in [1.54, 1.807) is 24.3 Å². The van der Waals surface area contributed by atoms with Crippen LogP contribution < -0.4 is 4.74 Å². The largest absolute Gasteiger partial charge is 0.487 e. The fourth-order valence-electron chi connectivity index (χ4n) is 3.39. The van der Waals surface area contributed by atoms with Gasteiger partial charge in [-0.2, -0.15) is 18.3 Å². The van der Waals surface area contributed by atoms with E-state index in [1.165, 1.54) is 4.68 Å². The molecule has 9 heteroatoms. The number of hydrogen-bond donors (Lipinski definition) is 0. The number of carbonyl (C=O) groups is 1. The van der Waals surface area contributed by atoms with E-state index in [1.807, 2.05) is 31.2 Å². The highest BCUT2D eigenvalue weighted by atomic mass is 35.5. The molecule has 0 bridgehead atoms. The van der Waals surface area contributed by atoms with Crippen molar-refractivity contribution in [2.45, 2.75) is 13.1 Å². The third-order valence-corrected chi connectivity index (χ3v) is 5.02. The summed E-state index contributed by atoms with van der Waals surface area (Å²) in [6.45, 7) is 0.267. The molecule has 0 unspecified atom stereocenters. The van der Waals surface area contributed by atoms with E-state index in [-0.39, 0.29) is 24.6 Å². The molecule has 2 heterocycles. The van der Waals surface area contributed by atoms with E-state index in [2.05, 4.69) is 5.10 Å². The van der Waals surface area contributed by atoms with Crippen molar-refractivity contribution in [1.29, 1.82) is 0 Å². The average molecular weight is 436 g/mol. The smallest absolute Gasteiger partial charge is 0.406 e. The van der Waals surface area contributed by atoms with Gasteiger partial charge in [0.15, 0.2) is 11.4 Å². The summed E-state index contributed by atoms with van der Waals surface area (Å²) in [6, 6.07) is 14.3. The fraction of sp³-hybridized carbons (Fsp3) is 0.238. The van der Waals surface area contributed by atoms with Gasteiger partial charge in [0.25, 0.3) is 5.91 Å². The zero-order chi connectivity index (χ0) is 21.5. The van der Waals surface area contributed by atoms with Crippen molar-refractivity contribution in [1.82, 2.24) is 14.7 Å². The summed E-state index contributed by atoms with van der Waals surface area (Å²) < 4.78 is 46.2. The van der Waals surface area contributed by atoms with E-state index in [0.29, 0.717) is 26.9 Å². The summed E-state index contributed by atoms with van der Waals surface area (Å²) in [5.74, 6) is -0.655. The number of nitrogens with zero attached hydrogens (tertiary/aromatic N) is 3. The molecule has 0 radical (unpaired) electrons. The first kappa shape index (κ1) is 20.3. The maximum atomic E-state index is 13.0. The molecule has 0 spiro atoms. The Morgan fingerprint density at radius 1 is 1.13 bits per heavy atom. The molecule has 0 saturated heterocycles. The molecule has 0 N–H and O–H groups in total. The summed E-state index contributed by atoms with van der Waals surface area (Å²) in [4.78, 5) is 13.6. The number of alkyl halides is 3. The lowest BCUT2D eigenvalue weighted by atomic mass is 10.1. The van der Waals surface area contributed by atoms with Crippen molar-refractivity contribution in [2.24, 2.45) is 0 Å². The topological polar surface area (TPSA) is 47.4 Å². The van der Waals surface area contributed by atoms with Gasteiger partial charge in [0.1, 0.15) is 18.8 Å². The molecular weight excluding hydrogens is 419 g/mol. The zero-order valence-corrected chi connectivity index (χ0v) is 16.7. The number of hydrogen-bond acceptors (Lipinski definition) is 3. The molecule has 0 fully saturated rings. The molecule has 1 aliphatic rings. The Kier molecular flexibility index (Phi) is 5.19. The Balaban J connectivity index is 1.91. The minimum atomic E-state index is -4.52. The lowest BCUT2D eigenvalue weighted by molar-refractivity contribution is -0.141. The minimum Gasteiger partial charge on any atom is -0.487 e. The molecule has 2 aromatic carbocycles. The lowest BCUT2D eigenvalue weighted by Gasteiger charge is -2.20. The summed E-state index contributed by atoms with van der Waals surface area (Å²) in [7, 11) is 0. The van der Waals surface area contributed by atoms with Crippen LogP contribution in [0.5, 0.6) is 5.75 Å². The number of amides is 1. The molecule has 0 atom stereocenters. The first-order valence-electron chi connectivity index (χ1n) is 9.18. The van der Waals surface area contributed by atoms with Crippen molar-refractivity contribution in [3.63, 3.8) is 0 Å². The van der Waals surface area contributed by atoms with Gasteiger partial charge >= 0.3 is 6.18 Å². The van der Waals surface area contributed by atoms with Crippen LogP contribution >= 0.6 is 11.6 Å². The highest BCUT2D eigenvalue weighted by Gasteiger charge is 2.38. The Morgan fingerprint density at radius 2 is 1.83 bits per heavy atom. The van der Waals surface area contributed by atoms with E-state index in [9.17, 15) is 18.0 Å². The number of rotatable bonds is 3. The normalized spacial score (nSPS) is 14.3. The van der Waals surface area contributed by atoms with Crippen molar-refractivity contribution in [3.05, 3.63) is 64.8 Å². The molecule has 1 aromatic heterocycles. The first-order chi connectivity index (χ1) is 14.2. The van der Waals surface area contributed by atoms with E-state index < -0.39 is 18.6 Å². The number of carbonyl (C=O) groups excluding carboxylic acids is 1. The van der Waals surface area contributed by atoms with Crippen LogP contribution in [0.4, 0.5) is 13.2 Å². The molecule has 0 saturated carbocycles. The van der Waals surface area contributed by atoms with Gasteiger partial charge in [-0.1, -0.05) is 41.9 Å². The summed E-state index contributed by atoms with van der Waals surface area (Å²) in [6.07, 6.45) is -4.52. The van der Waals surface area contributed by atoms with Gasteiger partial charge in [-0.15, -0.1) is 0 Å². The summed E-state index contributed by atoms with van der Waals surface area (Å²) >= 11 is 6.01. The zero-order valence-electron chi connectivity index (χ0n) is 15.9. The third kappa shape index (κ3) is 3.87. The predicted molar refractivity (Wildman–Crippen MR) is 106 cm³/mol. The van der Waals surface area contributed by atoms with Crippen LogP contribution in [0.15, 0.2) is 48.5 Å². The van der Waals surface area contributed by atoms with Gasteiger partial charge in [0.2, 0.25) is 0 Å². The van der Waals surface area contributed by atoms with Gasteiger partial charge in [-0.25, -0.2) is 4.68 Å². The Bertz CT molecular complexity index is 1090. The second-order valence-corrected chi connectivity index (χ2v) is 7.36. The van der Waals surface area contributed by atoms with Gasteiger partial charge in [0, 0.05) is 10.6 Å². The van der Waals surface area contributed by atoms with Gasteiger partial charge in [0.05, 0.1) is 12.2 Å². The molecule has 4 rings (SSSR count). The first-order valence-corrected chi connectivity index (χ1v) is 9.56. The van der Waals surface area contributed by atoms with Crippen LogP contribution in [0, 0.1) is 6.92 Å². The standard InChI is InChI=1S/C21H17ClF3N3O2/c1-13-4-2-3-5-16(13)28-18(14-6-8-15(22)9-7-14)19-17(26-28)20(29)27(10-11-30-19)12-21(23,24)25/h2-9H,10-12H2,1H3. The molecular formula is C21H17ClF3N3O2.